The number of hydrogen-bond acceptors (Lipinski definition) is 5. The van der Waals surface area contributed by atoms with Gasteiger partial charge in [0.15, 0.2) is 5.82 Å². The van der Waals surface area contributed by atoms with Crippen LogP contribution in [0.15, 0.2) is 30.3 Å². The summed E-state index contributed by atoms with van der Waals surface area (Å²) in [6, 6.07) is 7.83. The van der Waals surface area contributed by atoms with Crippen molar-refractivity contribution in [3.63, 3.8) is 0 Å². The second-order valence-corrected chi connectivity index (χ2v) is 6.40. The maximum atomic E-state index is 12.6. The molecule has 0 bridgehead atoms. The van der Waals surface area contributed by atoms with Crippen molar-refractivity contribution in [2.75, 3.05) is 0 Å². The SMILES string of the molecule is CCC(NC(=O)Cc1nc2nc(C)cc(C)n2n1)c1ccccc1OC(F)F. The number of ether oxygens (including phenoxy) is 1. The van der Waals surface area contributed by atoms with Gasteiger partial charge >= 0.3 is 6.61 Å². The van der Waals surface area contributed by atoms with E-state index in [1.807, 2.05) is 26.8 Å². The number of alkyl halides is 2. The smallest absolute Gasteiger partial charge is 0.387 e. The first-order chi connectivity index (χ1) is 13.4. The quantitative estimate of drug-likeness (QED) is 0.671. The largest absolute Gasteiger partial charge is 0.434 e. The van der Waals surface area contributed by atoms with Gasteiger partial charge in [-0.2, -0.15) is 13.8 Å². The molecule has 148 valence electrons. The van der Waals surface area contributed by atoms with Gasteiger partial charge in [-0.3, -0.25) is 4.79 Å². The summed E-state index contributed by atoms with van der Waals surface area (Å²) in [5.74, 6) is 0.503. The van der Waals surface area contributed by atoms with Crippen LogP contribution in [-0.2, 0) is 11.2 Å². The van der Waals surface area contributed by atoms with Crippen LogP contribution >= 0.6 is 0 Å². The van der Waals surface area contributed by atoms with E-state index >= 15 is 0 Å². The number of benzene rings is 1. The highest BCUT2D eigenvalue weighted by atomic mass is 19.3. The molecule has 0 aliphatic rings. The zero-order valence-corrected chi connectivity index (χ0v) is 15.8. The number of fused-ring (bicyclic) bond motifs is 1. The van der Waals surface area contributed by atoms with E-state index in [1.165, 1.54) is 6.07 Å². The van der Waals surface area contributed by atoms with Gasteiger partial charge in [0.1, 0.15) is 5.75 Å². The molecule has 3 rings (SSSR count). The highest BCUT2D eigenvalue weighted by Crippen LogP contribution is 2.28. The molecule has 1 aromatic carbocycles. The highest BCUT2D eigenvalue weighted by molar-refractivity contribution is 5.78. The first-order valence-electron chi connectivity index (χ1n) is 8.90. The molecule has 28 heavy (non-hydrogen) atoms. The van der Waals surface area contributed by atoms with Crippen LogP contribution in [0.3, 0.4) is 0 Å². The Bertz CT molecular complexity index is 990. The van der Waals surface area contributed by atoms with Crippen molar-refractivity contribution in [1.29, 1.82) is 0 Å². The third-order valence-corrected chi connectivity index (χ3v) is 4.23. The van der Waals surface area contributed by atoms with Gasteiger partial charge in [0.05, 0.1) is 12.5 Å². The minimum Gasteiger partial charge on any atom is -0.434 e. The van der Waals surface area contributed by atoms with E-state index in [4.69, 9.17) is 0 Å². The molecule has 7 nitrogen and oxygen atoms in total. The lowest BCUT2D eigenvalue weighted by atomic mass is 10.0. The van der Waals surface area contributed by atoms with Gasteiger partial charge < -0.3 is 10.1 Å². The first kappa shape index (κ1) is 19.7. The van der Waals surface area contributed by atoms with E-state index in [2.05, 4.69) is 25.1 Å². The Morgan fingerprint density at radius 2 is 2.00 bits per heavy atom. The van der Waals surface area contributed by atoms with Crippen LogP contribution in [0.2, 0.25) is 0 Å². The summed E-state index contributed by atoms with van der Waals surface area (Å²) in [5.41, 5.74) is 2.18. The third-order valence-electron chi connectivity index (χ3n) is 4.23. The highest BCUT2D eigenvalue weighted by Gasteiger charge is 2.20. The van der Waals surface area contributed by atoms with Crippen LogP contribution in [0.1, 0.15) is 42.2 Å². The minimum atomic E-state index is -2.93. The van der Waals surface area contributed by atoms with Gasteiger partial charge in [0.2, 0.25) is 5.91 Å². The van der Waals surface area contributed by atoms with E-state index in [0.717, 1.165) is 11.4 Å². The average molecular weight is 389 g/mol. The fraction of sp³-hybridized carbons (Fsp3) is 0.368. The van der Waals surface area contributed by atoms with Gasteiger partial charge in [-0.05, 0) is 32.4 Å². The van der Waals surface area contributed by atoms with Crippen molar-refractivity contribution in [2.24, 2.45) is 0 Å². The summed E-state index contributed by atoms with van der Waals surface area (Å²) in [6.45, 7) is 2.66. The number of nitrogens with zero attached hydrogens (tertiary/aromatic N) is 4. The molecule has 0 saturated heterocycles. The Kier molecular flexibility index (Phi) is 5.81. The Balaban J connectivity index is 1.76. The van der Waals surface area contributed by atoms with E-state index in [9.17, 15) is 13.6 Å². The lowest BCUT2D eigenvalue weighted by Crippen LogP contribution is -2.30. The summed E-state index contributed by atoms with van der Waals surface area (Å²) < 4.78 is 31.4. The van der Waals surface area contributed by atoms with Crippen LogP contribution in [0, 0.1) is 13.8 Å². The van der Waals surface area contributed by atoms with Crippen LogP contribution in [0.25, 0.3) is 5.78 Å². The van der Waals surface area contributed by atoms with Crippen molar-refractivity contribution in [1.82, 2.24) is 24.9 Å². The third kappa shape index (κ3) is 4.41. The molecule has 0 radical (unpaired) electrons. The number of halogens is 2. The number of aromatic nitrogens is 4. The fourth-order valence-corrected chi connectivity index (χ4v) is 3.04. The van der Waals surface area contributed by atoms with Crippen LogP contribution in [0.5, 0.6) is 5.75 Å². The topological polar surface area (TPSA) is 81.4 Å². The molecule has 9 heteroatoms. The molecule has 0 spiro atoms. The Hall–Kier alpha value is -3.10. The zero-order valence-electron chi connectivity index (χ0n) is 15.8. The maximum Gasteiger partial charge on any atom is 0.387 e. The van der Waals surface area contributed by atoms with Gasteiger partial charge in [-0.15, -0.1) is 5.10 Å². The number of nitrogens with one attached hydrogen (secondary N) is 1. The van der Waals surface area contributed by atoms with Crippen molar-refractivity contribution in [3.05, 3.63) is 53.1 Å². The van der Waals surface area contributed by atoms with E-state index < -0.39 is 12.7 Å². The molecule has 2 aromatic heterocycles. The van der Waals surface area contributed by atoms with Gasteiger partial charge in [-0.25, -0.2) is 9.50 Å². The number of carbonyl (C=O) groups is 1. The summed E-state index contributed by atoms with van der Waals surface area (Å²) >= 11 is 0. The number of hydrogen-bond donors (Lipinski definition) is 1. The van der Waals surface area contributed by atoms with Crippen LogP contribution in [0.4, 0.5) is 8.78 Å². The maximum absolute atomic E-state index is 12.6. The Morgan fingerprint density at radius 3 is 2.71 bits per heavy atom. The summed E-state index contributed by atoms with van der Waals surface area (Å²) in [7, 11) is 0. The van der Waals surface area contributed by atoms with Crippen molar-refractivity contribution in [2.45, 2.75) is 46.3 Å². The molecule has 0 aliphatic carbocycles. The zero-order chi connectivity index (χ0) is 20.3. The minimum absolute atomic E-state index is 0.0454. The lowest BCUT2D eigenvalue weighted by Gasteiger charge is -2.20. The second kappa shape index (κ2) is 8.28. The predicted octanol–water partition coefficient (Wildman–Crippen LogP) is 3.15. The number of carbonyl (C=O) groups excluding carboxylic acids is 1. The lowest BCUT2D eigenvalue weighted by molar-refractivity contribution is -0.121. The van der Waals surface area contributed by atoms with E-state index in [1.54, 1.807) is 22.7 Å². The van der Waals surface area contributed by atoms with Crippen molar-refractivity contribution >= 4 is 11.7 Å². The van der Waals surface area contributed by atoms with Gasteiger partial charge in [0, 0.05) is 17.0 Å². The molecule has 3 aromatic rings. The van der Waals surface area contributed by atoms with Crippen molar-refractivity contribution < 1.29 is 18.3 Å². The molecule has 1 atom stereocenters. The van der Waals surface area contributed by atoms with Crippen LogP contribution in [-0.4, -0.2) is 32.1 Å². The van der Waals surface area contributed by atoms with Gasteiger partial charge in [0.25, 0.3) is 5.78 Å². The Labute approximate surface area is 160 Å². The molecule has 0 saturated carbocycles. The first-order valence-corrected chi connectivity index (χ1v) is 8.90. The number of rotatable bonds is 7. The molecule has 1 N–H and O–H groups in total. The molecule has 2 heterocycles. The molecule has 1 unspecified atom stereocenters. The normalized spacial score (nSPS) is 12.4. The molecule has 1 amide bonds. The van der Waals surface area contributed by atoms with E-state index in [0.29, 0.717) is 23.6 Å². The number of amides is 1. The standard InChI is InChI=1S/C19H21F2N5O2/c1-4-14(13-7-5-6-8-15(13)28-18(20)21)23-17(27)10-16-24-19-22-11(2)9-12(3)26(19)25-16/h5-9,14,18H,4,10H2,1-3H3,(H,23,27). The average Bonchev–Trinajstić information content (AvgIpc) is 3.02. The fourth-order valence-electron chi connectivity index (χ4n) is 3.04. The monoisotopic (exact) mass is 389 g/mol. The molecule has 0 fully saturated rings. The van der Waals surface area contributed by atoms with Crippen LogP contribution < -0.4 is 10.1 Å². The number of para-hydroxylation sites is 1. The van der Waals surface area contributed by atoms with E-state index in [-0.39, 0.29) is 18.1 Å². The second-order valence-electron chi connectivity index (χ2n) is 6.40. The molecule has 0 aliphatic heterocycles. The predicted molar refractivity (Wildman–Crippen MR) is 98.2 cm³/mol. The number of aryl methyl sites for hydroxylation is 2. The van der Waals surface area contributed by atoms with Crippen molar-refractivity contribution in [3.8, 4) is 5.75 Å². The molecular formula is C19H21F2N5O2. The van der Waals surface area contributed by atoms with Gasteiger partial charge in [-0.1, -0.05) is 25.1 Å². The summed E-state index contributed by atoms with van der Waals surface area (Å²) in [5, 5.41) is 7.16. The Morgan fingerprint density at radius 1 is 1.25 bits per heavy atom. The summed E-state index contributed by atoms with van der Waals surface area (Å²) in [4.78, 5) is 21.1. The molecular weight excluding hydrogens is 368 g/mol. The summed E-state index contributed by atoms with van der Waals surface area (Å²) in [6.07, 6.45) is 0.462.